The number of ether oxygens (including phenoxy) is 1. The molecule has 0 saturated carbocycles. The maximum absolute atomic E-state index is 13.4. The number of hydrogen-bond acceptors (Lipinski definition) is 6. The van der Waals surface area contributed by atoms with Crippen LogP contribution in [0.3, 0.4) is 0 Å². The summed E-state index contributed by atoms with van der Waals surface area (Å²) < 4.78 is 11.8. The second-order valence-electron chi connectivity index (χ2n) is 8.77. The van der Waals surface area contributed by atoms with Gasteiger partial charge < -0.3 is 14.1 Å². The van der Waals surface area contributed by atoms with E-state index in [0.29, 0.717) is 38.1 Å². The van der Waals surface area contributed by atoms with Crippen molar-refractivity contribution in [1.29, 1.82) is 0 Å². The first kappa shape index (κ1) is 19.9. The van der Waals surface area contributed by atoms with Gasteiger partial charge in [-0.25, -0.2) is 0 Å². The highest BCUT2D eigenvalue weighted by Gasteiger charge is 2.51. The number of aryl methyl sites for hydroxylation is 2. The summed E-state index contributed by atoms with van der Waals surface area (Å²) in [6, 6.07) is 9.72. The number of carbonyl (C=O) groups is 1. The molecule has 2 fully saturated rings. The van der Waals surface area contributed by atoms with E-state index >= 15 is 0 Å². The van der Waals surface area contributed by atoms with E-state index in [1.54, 1.807) is 12.4 Å². The molecule has 4 heterocycles. The molecule has 2 aliphatic rings. The van der Waals surface area contributed by atoms with Crippen LogP contribution < -0.4 is 0 Å². The van der Waals surface area contributed by atoms with Crippen molar-refractivity contribution >= 4 is 5.91 Å². The third-order valence-corrected chi connectivity index (χ3v) is 6.56. The number of nitrogens with zero attached hydrogens (tertiary/aromatic N) is 4. The molecule has 2 aliphatic heterocycles. The van der Waals surface area contributed by atoms with E-state index in [-0.39, 0.29) is 17.2 Å². The second-order valence-corrected chi connectivity index (χ2v) is 8.77. The molecule has 2 saturated heterocycles. The summed E-state index contributed by atoms with van der Waals surface area (Å²) in [4.78, 5) is 19.4. The minimum atomic E-state index is -0.102. The third-order valence-electron chi connectivity index (χ3n) is 6.56. The zero-order valence-corrected chi connectivity index (χ0v) is 17.9. The van der Waals surface area contributed by atoms with Crippen LogP contribution in [0.1, 0.15) is 46.1 Å². The number of benzene rings is 1. The first-order valence-corrected chi connectivity index (χ1v) is 10.7. The van der Waals surface area contributed by atoms with Crippen molar-refractivity contribution in [2.75, 3.05) is 26.3 Å². The molecule has 3 aromatic rings. The maximum Gasteiger partial charge on any atom is 0.253 e. The molecular formula is C24H26N4O3. The molecule has 2 aromatic heterocycles. The molecule has 7 nitrogen and oxygen atoms in total. The molecule has 160 valence electrons. The van der Waals surface area contributed by atoms with E-state index in [0.717, 1.165) is 35.1 Å². The molecule has 0 aliphatic carbocycles. The Labute approximate surface area is 181 Å². The average molecular weight is 418 g/mol. The van der Waals surface area contributed by atoms with Crippen molar-refractivity contribution in [3.8, 4) is 11.5 Å². The van der Waals surface area contributed by atoms with Gasteiger partial charge in [-0.3, -0.25) is 9.78 Å². The summed E-state index contributed by atoms with van der Waals surface area (Å²) in [7, 11) is 0. The summed E-state index contributed by atoms with van der Waals surface area (Å²) >= 11 is 0. The lowest BCUT2D eigenvalue weighted by molar-refractivity contribution is 0.00908. The standard InChI is InChI=1S/C24H26N4O3/c1-16-11-17(2)13-19(12-16)23(29)28-14-20(24(15-28)5-9-30-10-6-24)22-27-26-21(31-22)18-3-7-25-8-4-18/h3-4,7-8,11-13,20H,5-6,9-10,14-15H2,1-2H3. The van der Waals surface area contributed by atoms with Gasteiger partial charge in [-0.2, -0.15) is 0 Å². The van der Waals surface area contributed by atoms with Gasteiger partial charge in [0.1, 0.15) is 0 Å². The van der Waals surface area contributed by atoms with E-state index in [1.807, 2.05) is 43.0 Å². The van der Waals surface area contributed by atoms with E-state index in [9.17, 15) is 4.79 Å². The Balaban J connectivity index is 1.46. The Morgan fingerprint density at radius 1 is 1.06 bits per heavy atom. The van der Waals surface area contributed by atoms with Crippen molar-refractivity contribution in [2.24, 2.45) is 5.41 Å². The summed E-state index contributed by atoms with van der Waals surface area (Å²) in [6.45, 7) is 6.68. The molecular weight excluding hydrogens is 392 g/mol. The molecule has 1 amide bonds. The number of amides is 1. The highest BCUT2D eigenvalue weighted by atomic mass is 16.5. The smallest absolute Gasteiger partial charge is 0.253 e. The number of pyridine rings is 1. The van der Waals surface area contributed by atoms with Gasteiger partial charge in [-0.05, 0) is 51.0 Å². The van der Waals surface area contributed by atoms with E-state index in [4.69, 9.17) is 9.15 Å². The lowest BCUT2D eigenvalue weighted by Crippen LogP contribution is -2.37. The fourth-order valence-corrected chi connectivity index (χ4v) is 5.02. The zero-order valence-electron chi connectivity index (χ0n) is 17.9. The summed E-state index contributed by atoms with van der Waals surface area (Å²) in [5.41, 5.74) is 3.67. The van der Waals surface area contributed by atoms with Crippen molar-refractivity contribution in [1.82, 2.24) is 20.1 Å². The van der Waals surface area contributed by atoms with Gasteiger partial charge in [0.05, 0.1) is 5.92 Å². The van der Waals surface area contributed by atoms with Crippen LogP contribution in [-0.2, 0) is 4.74 Å². The summed E-state index contributed by atoms with van der Waals surface area (Å²) in [6.07, 6.45) is 5.17. The van der Waals surface area contributed by atoms with Gasteiger partial charge in [0, 0.05) is 55.2 Å². The number of rotatable bonds is 3. The van der Waals surface area contributed by atoms with Crippen LogP contribution in [0, 0.1) is 19.3 Å². The second kappa shape index (κ2) is 7.89. The summed E-state index contributed by atoms with van der Waals surface area (Å²) in [5, 5.41) is 8.68. The maximum atomic E-state index is 13.4. The predicted molar refractivity (Wildman–Crippen MR) is 115 cm³/mol. The fraction of sp³-hybridized carbons (Fsp3) is 0.417. The van der Waals surface area contributed by atoms with Crippen LogP contribution in [0.15, 0.2) is 47.1 Å². The molecule has 0 N–H and O–H groups in total. The van der Waals surface area contributed by atoms with Gasteiger partial charge in [0.2, 0.25) is 11.8 Å². The van der Waals surface area contributed by atoms with Gasteiger partial charge in [-0.1, -0.05) is 17.2 Å². The number of aromatic nitrogens is 3. The van der Waals surface area contributed by atoms with Crippen molar-refractivity contribution in [2.45, 2.75) is 32.6 Å². The zero-order chi connectivity index (χ0) is 21.4. The van der Waals surface area contributed by atoms with Gasteiger partial charge >= 0.3 is 0 Å². The number of hydrogen-bond donors (Lipinski definition) is 0. The van der Waals surface area contributed by atoms with E-state index in [1.165, 1.54) is 0 Å². The Kier molecular flexibility index (Phi) is 5.06. The Morgan fingerprint density at radius 2 is 1.77 bits per heavy atom. The van der Waals surface area contributed by atoms with Crippen molar-refractivity contribution < 1.29 is 13.9 Å². The predicted octanol–water partition coefficient (Wildman–Crippen LogP) is 3.78. The molecule has 1 unspecified atom stereocenters. The lowest BCUT2D eigenvalue weighted by Gasteiger charge is -2.36. The topological polar surface area (TPSA) is 81.4 Å². The minimum Gasteiger partial charge on any atom is -0.420 e. The first-order chi connectivity index (χ1) is 15.0. The van der Waals surface area contributed by atoms with Crippen molar-refractivity contribution in [3.63, 3.8) is 0 Å². The highest BCUT2D eigenvalue weighted by Crippen LogP contribution is 2.49. The molecule has 1 spiro atoms. The Bertz CT molecular complexity index is 1070. The largest absolute Gasteiger partial charge is 0.420 e. The van der Waals surface area contributed by atoms with Crippen LogP contribution in [0.2, 0.25) is 0 Å². The van der Waals surface area contributed by atoms with E-state index < -0.39 is 0 Å². The third kappa shape index (κ3) is 3.74. The SMILES string of the molecule is Cc1cc(C)cc(C(=O)N2CC(c3nnc(-c4ccncc4)o3)C3(CCOCC3)C2)c1. The highest BCUT2D eigenvalue weighted by molar-refractivity contribution is 5.95. The van der Waals surface area contributed by atoms with Crippen LogP contribution in [-0.4, -0.2) is 52.3 Å². The average Bonchev–Trinajstić information content (AvgIpc) is 3.39. The number of likely N-dealkylation sites (tertiary alicyclic amines) is 1. The molecule has 5 rings (SSSR count). The fourth-order valence-electron chi connectivity index (χ4n) is 5.02. The molecule has 0 bridgehead atoms. The van der Waals surface area contributed by atoms with Crippen LogP contribution in [0.25, 0.3) is 11.5 Å². The van der Waals surface area contributed by atoms with E-state index in [2.05, 4.69) is 21.2 Å². The number of carbonyl (C=O) groups excluding carboxylic acids is 1. The van der Waals surface area contributed by atoms with Crippen LogP contribution in [0.5, 0.6) is 0 Å². The first-order valence-electron chi connectivity index (χ1n) is 10.7. The van der Waals surface area contributed by atoms with Gasteiger partial charge in [0.25, 0.3) is 5.91 Å². The lowest BCUT2D eigenvalue weighted by atomic mass is 9.72. The van der Waals surface area contributed by atoms with Crippen molar-refractivity contribution in [3.05, 3.63) is 65.3 Å². The molecule has 1 atom stereocenters. The monoisotopic (exact) mass is 418 g/mol. The molecule has 0 radical (unpaired) electrons. The minimum absolute atomic E-state index is 0.00524. The van der Waals surface area contributed by atoms with Crippen LogP contribution >= 0.6 is 0 Å². The quantitative estimate of drug-likeness (QED) is 0.644. The van der Waals surface area contributed by atoms with Gasteiger partial charge in [-0.15, -0.1) is 10.2 Å². The molecule has 7 heteroatoms. The molecule has 1 aromatic carbocycles. The summed E-state index contributed by atoms with van der Waals surface area (Å²) in [5.74, 6) is 1.14. The Morgan fingerprint density at radius 3 is 2.48 bits per heavy atom. The van der Waals surface area contributed by atoms with Crippen LogP contribution in [0.4, 0.5) is 0 Å². The van der Waals surface area contributed by atoms with Gasteiger partial charge in [0.15, 0.2) is 0 Å². The Hall–Kier alpha value is -3.06. The molecule has 31 heavy (non-hydrogen) atoms. The normalized spacial score (nSPS) is 20.3.